The molecule has 0 aliphatic carbocycles. The standard InChI is InChI=1S/C14H16N2O2S/c17-13(16-8-14(18)4-6-19-9-14)11-2-1-10-3-5-15-12(10)7-11/h1-3,5,7,15,18H,4,6,8-9H2,(H,16,17). The van der Waals surface area contributed by atoms with Crippen LogP contribution < -0.4 is 5.32 Å². The predicted molar refractivity (Wildman–Crippen MR) is 77.5 cm³/mol. The Morgan fingerprint density at radius 2 is 2.37 bits per heavy atom. The Morgan fingerprint density at radius 1 is 1.47 bits per heavy atom. The fraction of sp³-hybridized carbons (Fsp3) is 0.357. The van der Waals surface area contributed by atoms with Gasteiger partial charge in [-0.2, -0.15) is 11.8 Å². The van der Waals surface area contributed by atoms with E-state index < -0.39 is 5.60 Å². The maximum absolute atomic E-state index is 12.1. The molecule has 1 unspecified atom stereocenters. The molecule has 1 aromatic heterocycles. The van der Waals surface area contributed by atoms with Crippen LogP contribution in [0.15, 0.2) is 30.5 Å². The second kappa shape index (κ2) is 4.90. The summed E-state index contributed by atoms with van der Waals surface area (Å²) in [4.78, 5) is 15.2. The molecular weight excluding hydrogens is 260 g/mol. The van der Waals surface area contributed by atoms with Gasteiger partial charge in [-0.15, -0.1) is 0 Å². The Hall–Kier alpha value is -1.46. The fourth-order valence-electron chi connectivity index (χ4n) is 2.27. The molecule has 19 heavy (non-hydrogen) atoms. The molecule has 2 heterocycles. The lowest BCUT2D eigenvalue weighted by Crippen LogP contribution is -2.42. The van der Waals surface area contributed by atoms with Gasteiger partial charge in [-0.3, -0.25) is 4.79 Å². The van der Waals surface area contributed by atoms with E-state index in [1.165, 1.54) is 0 Å². The van der Waals surface area contributed by atoms with Gasteiger partial charge in [-0.1, -0.05) is 6.07 Å². The molecule has 5 heteroatoms. The van der Waals surface area contributed by atoms with Crippen LogP contribution in [0.5, 0.6) is 0 Å². The highest BCUT2D eigenvalue weighted by Crippen LogP contribution is 2.27. The molecule has 2 aromatic rings. The van der Waals surface area contributed by atoms with E-state index in [1.54, 1.807) is 17.8 Å². The van der Waals surface area contributed by atoms with Gasteiger partial charge in [0.25, 0.3) is 5.91 Å². The van der Waals surface area contributed by atoms with E-state index in [-0.39, 0.29) is 5.91 Å². The largest absolute Gasteiger partial charge is 0.387 e. The Labute approximate surface area is 115 Å². The molecule has 1 aromatic carbocycles. The molecule has 0 saturated carbocycles. The Bertz CT molecular complexity index is 602. The first-order valence-electron chi connectivity index (χ1n) is 6.32. The number of aliphatic hydroxyl groups is 1. The van der Waals surface area contributed by atoms with E-state index in [1.807, 2.05) is 24.4 Å². The number of aromatic nitrogens is 1. The monoisotopic (exact) mass is 276 g/mol. The zero-order valence-electron chi connectivity index (χ0n) is 10.5. The Kier molecular flexibility index (Phi) is 3.24. The van der Waals surface area contributed by atoms with Crippen LogP contribution in [-0.2, 0) is 0 Å². The third-order valence-electron chi connectivity index (χ3n) is 3.48. The topological polar surface area (TPSA) is 65.1 Å². The van der Waals surface area contributed by atoms with Crippen molar-refractivity contribution in [1.29, 1.82) is 0 Å². The third kappa shape index (κ3) is 2.62. The van der Waals surface area contributed by atoms with Crippen LogP contribution in [0.1, 0.15) is 16.8 Å². The predicted octanol–water partition coefficient (Wildman–Crippen LogP) is 1.77. The van der Waals surface area contributed by atoms with Crippen molar-refractivity contribution in [1.82, 2.24) is 10.3 Å². The summed E-state index contributed by atoms with van der Waals surface area (Å²) in [6.45, 7) is 0.321. The average Bonchev–Trinajstić information content (AvgIpc) is 3.04. The molecule has 4 nitrogen and oxygen atoms in total. The van der Waals surface area contributed by atoms with Gasteiger partial charge in [0, 0.05) is 29.6 Å². The summed E-state index contributed by atoms with van der Waals surface area (Å²) in [7, 11) is 0. The van der Waals surface area contributed by atoms with Gasteiger partial charge in [-0.25, -0.2) is 0 Å². The van der Waals surface area contributed by atoms with Crippen LogP contribution in [-0.4, -0.2) is 39.6 Å². The molecule has 1 amide bonds. The molecule has 1 saturated heterocycles. The van der Waals surface area contributed by atoms with E-state index in [9.17, 15) is 9.90 Å². The van der Waals surface area contributed by atoms with Crippen molar-refractivity contribution < 1.29 is 9.90 Å². The van der Waals surface area contributed by atoms with Gasteiger partial charge >= 0.3 is 0 Å². The van der Waals surface area contributed by atoms with E-state index in [0.29, 0.717) is 17.9 Å². The molecule has 3 rings (SSSR count). The van der Waals surface area contributed by atoms with Gasteiger partial charge in [0.2, 0.25) is 0 Å². The number of thioether (sulfide) groups is 1. The van der Waals surface area contributed by atoms with Gasteiger partial charge in [0.05, 0.1) is 5.60 Å². The van der Waals surface area contributed by atoms with Gasteiger partial charge in [-0.05, 0) is 35.8 Å². The SMILES string of the molecule is O=C(NCC1(O)CCSC1)c1ccc2cc[nH]c2c1. The van der Waals surface area contributed by atoms with E-state index in [4.69, 9.17) is 0 Å². The van der Waals surface area contributed by atoms with Crippen molar-refractivity contribution in [3.8, 4) is 0 Å². The molecule has 0 spiro atoms. The number of fused-ring (bicyclic) bond motifs is 1. The molecule has 1 aliphatic heterocycles. The highest BCUT2D eigenvalue weighted by Gasteiger charge is 2.32. The molecule has 1 fully saturated rings. The summed E-state index contributed by atoms with van der Waals surface area (Å²) in [5.74, 6) is 1.52. The third-order valence-corrected chi connectivity index (χ3v) is 4.71. The number of aromatic amines is 1. The lowest BCUT2D eigenvalue weighted by atomic mass is 10.0. The molecule has 1 aliphatic rings. The number of hydrogen-bond donors (Lipinski definition) is 3. The number of carbonyl (C=O) groups excluding carboxylic acids is 1. The average molecular weight is 276 g/mol. The number of carbonyl (C=O) groups is 1. The first-order chi connectivity index (χ1) is 9.16. The number of benzene rings is 1. The zero-order valence-corrected chi connectivity index (χ0v) is 11.3. The van der Waals surface area contributed by atoms with Crippen LogP contribution in [0, 0.1) is 0 Å². The maximum atomic E-state index is 12.1. The van der Waals surface area contributed by atoms with Crippen molar-refractivity contribution in [3.63, 3.8) is 0 Å². The van der Waals surface area contributed by atoms with Crippen LogP contribution >= 0.6 is 11.8 Å². The van der Waals surface area contributed by atoms with Crippen molar-refractivity contribution >= 4 is 28.6 Å². The van der Waals surface area contributed by atoms with Crippen molar-refractivity contribution in [3.05, 3.63) is 36.0 Å². The van der Waals surface area contributed by atoms with Gasteiger partial charge < -0.3 is 15.4 Å². The summed E-state index contributed by atoms with van der Waals surface area (Å²) in [6.07, 6.45) is 2.60. The highest BCUT2D eigenvalue weighted by molar-refractivity contribution is 7.99. The fourth-order valence-corrected chi connectivity index (χ4v) is 3.57. The summed E-state index contributed by atoms with van der Waals surface area (Å²) in [6, 6.07) is 7.52. The molecule has 0 radical (unpaired) electrons. The zero-order chi connectivity index (χ0) is 13.3. The lowest BCUT2D eigenvalue weighted by molar-refractivity contribution is 0.0612. The minimum atomic E-state index is -0.739. The molecule has 0 bridgehead atoms. The summed E-state index contributed by atoms with van der Waals surface area (Å²) in [5.41, 5.74) is 0.823. The summed E-state index contributed by atoms with van der Waals surface area (Å²) >= 11 is 1.73. The van der Waals surface area contributed by atoms with E-state index in [2.05, 4.69) is 10.3 Å². The maximum Gasteiger partial charge on any atom is 0.251 e. The molecular formula is C14H16N2O2S. The van der Waals surface area contributed by atoms with Gasteiger partial charge in [0.15, 0.2) is 0 Å². The minimum Gasteiger partial charge on any atom is -0.387 e. The van der Waals surface area contributed by atoms with Crippen molar-refractivity contribution in [2.24, 2.45) is 0 Å². The van der Waals surface area contributed by atoms with E-state index >= 15 is 0 Å². The van der Waals surface area contributed by atoms with Crippen LogP contribution in [0.3, 0.4) is 0 Å². The number of nitrogens with one attached hydrogen (secondary N) is 2. The Morgan fingerprint density at radius 3 is 3.16 bits per heavy atom. The summed E-state index contributed by atoms with van der Waals surface area (Å²) in [5, 5.41) is 14.1. The Balaban J connectivity index is 1.69. The second-order valence-corrected chi connectivity index (χ2v) is 6.09. The molecule has 3 N–H and O–H groups in total. The first kappa shape index (κ1) is 12.6. The number of hydrogen-bond acceptors (Lipinski definition) is 3. The van der Waals surface area contributed by atoms with Crippen LogP contribution in [0.25, 0.3) is 10.9 Å². The quantitative estimate of drug-likeness (QED) is 0.800. The minimum absolute atomic E-state index is 0.137. The molecule has 100 valence electrons. The molecule has 1 atom stereocenters. The number of rotatable bonds is 3. The summed E-state index contributed by atoms with van der Waals surface area (Å²) < 4.78 is 0. The number of amides is 1. The van der Waals surface area contributed by atoms with Gasteiger partial charge in [0.1, 0.15) is 0 Å². The lowest BCUT2D eigenvalue weighted by Gasteiger charge is -2.21. The second-order valence-electron chi connectivity index (χ2n) is 4.99. The van der Waals surface area contributed by atoms with E-state index in [0.717, 1.165) is 23.1 Å². The highest BCUT2D eigenvalue weighted by atomic mass is 32.2. The smallest absolute Gasteiger partial charge is 0.251 e. The number of H-pyrrole nitrogens is 1. The van der Waals surface area contributed by atoms with Crippen LogP contribution in [0.2, 0.25) is 0 Å². The van der Waals surface area contributed by atoms with Crippen molar-refractivity contribution in [2.75, 3.05) is 18.1 Å². The normalized spacial score (nSPS) is 22.8. The van der Waals surface area contributed by atoms with Crippen LogP contribution in [0.4, 0.5) is 0 Å². The van der Waals surface area contributed by atoms with Crippen molar-refractivity contribution in [2.45, 2.75) is 12.0 Å². The first-order valence-corrected chi connectivity index (χ1v) is 7.47.